The molecule has 0 saturated carbocycles. The van der Waals surface area contributed by atoms with Gasteiger partial charge in [-0.05, 0) is 12.8 Å². The first kappa shape index (κ1) is 65.6. The minimum absolute atomic E-state index is 0.0313. The van der Waals surface area contributed by atoms with Crippen molar-refractivity contribution in [1.82, 2.24) is 5.32 Å². The first-order valence-corrected chi connectivity index (χ1v) is 26.4. The number of carbonyl (C=O) groups excluding carboxylic acids is 1. The van der Waals surface area contributed by atoms with Gasteiger partial charge in [0, 0.05) is 13.5 Å². The van der Waals surface area contributed by atoms with E-state index in [9.17, 15) is 106 Å². The topological polar surface area (TPSA) is 551 Å². The van der Waals surface area contributed by atoms with Gasteiger partial charge in [0.1, 0.15) is 140 Å². The van der Waals surface area contributed by atoms with Crippen LogP contribution in [-0.4, -0.2) is 333 Å². The van der Waals surface area contributed by atoms with E-state index >= 15 is 0 Å². The molecule has 0 aromatic carbocycles. The summed E-state index contributed by atoms with van der Waals surface area (Å²) in [6.07, 6.45) is -56.9. The smallest absolute Gasteiger partial charge is 0.394 e. The Morgan fingerprint density at radius 1 is 0.436 bits per heavy atom. The molecule has 12 unspecified atom stereocenters. The van der Waals surface area contributed by atoms with Crippen LogP contribution >= 0.6 is 7.82 Å². The molecule has 6 aliphatic rings. The van der Waals surface area contributed by atoms with Crippen LogP contribution in [0.2, 0.25) is 0 Å². The lowest BCUT2D eigenvalue weighted by atomic mass is 9.96. The van der Waals surface area contributed by atoms with Crippen molar-refractivity contribution in [2.24, 2.45) is 0 Å². The predicted molar refractivity (Wildman–Crippen MR) is 240 cm³/mol. The fourth-order valence-corrected chi connectivity index (χ4v) is 9.62. The van der Waals surface area contributed by atoms with Gasteiger partial charge in [-0.25, -0.2) is 4.57 Å². The first-order chi connectivity index (χ1) is 36.8. The maximum atomic E-state index is 11.9. The summed E-state index contributed by atoms with van der Waals surface area (Å²) in [7, 11) is -3.82. The standard InChI is InChI=1S/C42H74NO34P/c1-3-12-19(47)25(53)31(59)39(69-12)76-35-28(56)20(48)13(7-44)70-41(35)67-9-15-22(50)26(54)30(58)37(72-15)66-10-16-24(52)34(33(61)38(73-16)65-6-4-5-18(46)43-2)75-42-36(29(57)21(49)14(8-45)71-42)77-40-32(60)27(55)23(51)17(74-40)11-68-78(62,63)64/h12-17,19-42,44-45,47-61H,3-11H2,1-2H3,(H,43,46)(H2,62,63,64)/t12?,13?,14?,15?,16?,17?,19-,20-,21-,22-,23-,24-,25+,26+,27+,28+,29+,30?,31?,32?,33?,34+,35?,36?,37+,38-,39+,40-,41+,42+/m1/s1. The van der Waals surface area contributed by atoms with E-state index in [4.69, 9.17) is 56.8 Å². The van der Waals surface area contributed by atoms with E-state index in [2.05, 4.69) is 9.84 Å². The Hall–Kier alpha value is -1.58. The van der Waals surface area contributed by atoms with Gasteiger partial charge in [0.15, 0.2) is 37.7 Å². The van der Waals surface area contributed by atoms with E-state index in [1.165, 1.54) is 7.05 Å². The van der Waals surface area contributed by atoms with E-state index in [-0.39, 0.29) is 25.9 Å². The van der Waals surface area contributed by atoms with Crippen LogP contribution in [0.15, 0.2) is 0 Å². The molecule has 0 bridgehead atoms. The zero-order valence-corrected chi connectivity index (χ0v) is 42.6. The molecule has 0 aliphatic carbocycles. The van der Waals surface area contributed by atoms with Gasteiger partial charge in [-0.2, -0.15) is 0 Å². The van der Waals surface area contributed by atoms with E-state index in [0.29, 0.717) is 0 Å². The number of hydrogen-bond acceptors (Lipinski definition) is 32. The molecule has 0 aromatic rings. The highest BCUT2D eigenvalue weighted by molar-refractivity contribution is 7.46. The highest BCUT2D eigenvalue weighted by Crippen LogP contribution is 2.39. The van der Waals surface area contributed by atoms with Gasteiger partial charge in [0.05, 0.1) is 45.7 Å². The molecular formula is C42H74NO34P. The molecule has 6 rings (SSSR count). The van der Waals surface area contributed by atoms with E-state index < -0.39 is 231 Å². The third-order valence-corrected chi connectivity index (χ3v) is 14.4. The average Bonchev–Trinajstić information content (AvgIpc) is 3.41. The number of amides is 1. The molecule has 0 aromatic heterocycles. The zero-order chi connectivity index (χ0) is 57.7. The number of nitrogens with one attached hydrogen (secondary N) is 1. The zero-order valence-electron chi connectivity index (χ0n) is 41.8. The Balaban J connectivity index is 1.19. The Kier molecular flexibility index (Phi) is 24.2. The molecule has 0 spiro atoms. The van der Waals surface area contributed by atoms with Crippen LogP contribution in [0.3, 0.4) is 0 Å². The van der Waals surface area contributed by atoms with Gasteiger partial charge in [0.25, 0.3) is 0 Å². The van der Waals surface area contributed by atoms with Crippen molar-refractivity contribution >= 4 is 13.7 Å². The number of ether oxygens (including phenoxy) is 12. The molecule has 30 atom stereocenters. The van der Waals surface area contributed by atoms with Gasteiger partial charge in [-0.3, -0.25) is 9.32 Å². The molecule has 6 aliphatic heterocycles. The summed E-state index contributed by atoms with van der Waals surface area (Å²) in [5.41, 5.74) is 0. The van der Waals surface area contributed by atoms with E-state index in [0.717, 1.165) is 0 Å². The second-order valence-electron chi connectivity index (χ2n) is 19.3. The molecule has 36 heteroatoms. The lowest BCUT2D eigenvalue weighted by Crippen LogP contribution is -2.67. The van der Waals surface area contributed by atoms with Gasteiger partial charge in [-0.15, -0.1) is 0 Å². The second-order valence-corrected chi connectivity index (χ2v) is 20.5. The average molecular weight is 1170 g/mol. The molecule has 6 heterocycles. The first-order valence-electron chi connectivity index (χ1n) is 24.8. The third-order valence-electron chi connectivity index (χ3n) is 13.9. The van der Waals surface area contributed by atoms with Crippen molar-refractivity contribution in [3.63, 3.8) is 0 Å². The molecule has 6 fully saturated rings. The van der Waals surface area contributed by atoms with Gasteiger partial charge in [-0.1, -0.05) is 6.92 Å². The molecule has 35 nitrogen and oxygen atoms in total. The Labute approximate surface area is 442 Å². The Bertz CT molecular complexity index is 1880. The van der Waals surface area contributed by atoms with Crippen LogP contribution < -0.4 is 5.32 Å². The molecule has 456 valence electrons. The summed E-state index contributed by atoms with van der Waals surface area (Å²) >= 11 is 0. The molecular weight excluding hydrogens is 1090 g/mol. The van der Waals surface area contributed by atoms with Crippen molar-refractivity contribution in [3.05, 3.63) is 0 Å². The highest BCUT2D eigenvalue weighted by atomic mass is 31.2. The summed E-state index contributed by atoms with van der Waals surface area (Å²) in [6, 6.07) is 0. The van der Waals surface area contributed by atoms with Gasteiger partial charge in [0.2, 0.25) is 5.91 Å². The number of aliphatic hydroxyl groups excluding tert-OH is 17. The summed E-state index contributed by atoms with van der Waals surface area (Å²) in [5, 5.41) is 186. The fourth-order valence-electron chi connectivity index (χ4n) is 9.28. The summed E-state index contributed by atoms with van der Waals surface area (Å²) in [4.78, 5) is 30.3. The summed E-state index contributed by atoms with van der Waals surface area (Å²) in [5.74, 6) is -0.394. The van der Waals surface area contributed by atoms with Crippen LogP contribution in [0.4, 0.5) is 0 Å². The normalized spacial score (nSPS) is 47.7. The minimum atomic E-state index is -5.20. The van der Waals surface area contributed by atoms with Crippen LogP contribution in [-0.2, 0) is 70.7 Å². The number of aliphatic hydroxyl groups is 17. The fraction of sp³-hybridized carbons (Fsp3) is 0.976. The van der Waals surface area contributed by atoms with Gasteiger partial charge >= 0.3 is 7.82 Å². The van der Waals surface area contributed by atoms with E-state index in [1.54, 1.807) is 6.92 Å². The maximum absolute atomic E-state index is 11.9. The lowest BCUT2D eigenvalue weighted by molar-refractivity contribution is -0.391. The summed E-state index contributed by atoms with van der Waals surface area (Å²) in [6.45, 7) is -3.39. The number of rotatable bonds is 23. The predicted octanol–water partition coefficient (Wildman–Crippen LogP) is -12.0. The monoisotopic (exact) mass is 1170 g/mol. The van der Waals surface area contributed by atoms with Crippen LogP contribution in [0, 0.1) is 0 Å². The van der Waals surface area contributed by atoms with Crippen molar-refractivity contribution < 1.29 is 167 Å². The molecule has 6 saturated heterocycles. The quantitative estimate of drug-likeness (QED) is 0.0334. The number of phosphoric ester groups is 1. The SMILES string of the molecule is CCC1O[C@@H](OC2[C@@H](OCC3O[C@H](OCC4O[C@@H](OCCCC(=O)NC)C(O)[C@@H](O[C@@H]5OC(CO)[C@@H](O)[C@H](O)C5O[C@H]5OC(COP(=O)(O)O)[C@@H](O)[C@H](O)C5O)[C@@H]4O)C(O)[C@@H](O)[C@@H]3O)OC(CO)[C@@H](O)[C@@H]2O)C(O)[C@@H](O)[C@@H]1O. The van der Waals surface area contributed by atoms with Crippen LogP contribution in [0.1, 0.15) is 26.2 Å². The second kappa shape index (κ2) is 28.8. The van der Waals surface area contributed by atoms with Crippen LogP contribution in [0.5, 0.6) is 0 Å². The highest BCUT2D eigenvalue weighted by Gasteiger charge is 2.56. The summed E-state index contributed by atoms with van der Waals surface area (Å²) < 4.78 is 84.3. The van der Waals surface area contributed by atoms with E-state index in [1.807, 2.05) is 0 Å². The van der Waals surface area contributed by atoms with Crippen molar-refractivity contribution in [2.45, 2.75) is 210 Å². The maximum Gasteiger partial charge on any atom is 0.469 e. The number of carbonyl (C=O) groups is 1. The largest absolute Gasteiger partial charge is 0.469 e. The molecule has 78 heavy (non-hydrogen) atoms. The molecule has 20 N–H and O–H groups in total. The molecule has 0 radical (unpaired) electrons. The lowest BCUT2D eigenvalue weighted by Gasteiger charge is -2.48. The number of phosphoric acid groups is 1. The Morgan fingerprint density at radius 2 is 0.821 bits per heavy atom. The van der Waals surface area contributed by atoms with Crippen LogP contribution in [0.25, 0.3) is 0 Å². The number of hydrogen-bond donors (Lipinski definition) is 20. The molecule has 1 amide bonds. The Morgan fingerprint density at radius 3 is 1.32 bits per heavy atom. The van der Waals surface area contributed by atoms with Crippen molar-refractivity contribution in [2.75, 3.05) is 46.7 Å². The minimum Gasteiger partial charge on any atom is -0.394 e. The van der Waals surface area contributed by atoms with Crippen molar-refractivity contribution in [1.29, 1.82) is 0 Å². The van der Waals surface area contributed by atoms with Gasteiger partial charge < -0.3 is 159 Å². The van der Waals surface area contributed by atoms with Crippen molar-refractivity contribution in [3.8, 4) is 0 Å². The third kappa shape index (κ3) is 15.4.